The summed E-state index contributed by atoms with van der Waals surface area (Å²) in [5.74, 6) is 0.198. The third kappa shape index (κ3) is 3.93. The number of carbonyl (C=O) groups excluding carboxylic acids is 2. The van der Waals surface area contributed by atoms with Crippen LogP contribution in [0.15, 0.2) is 22.8 Å². The summed E-state index contributed by atoms with van der Waals surface area (Å²) in [4.78, 5) is 25.7. The number of ether oxygens (including phenoxy) is 1. The summed E-state index contributed by atoms with van der Waals surface area (Å²) >= 11 is 1.49. The van der Waals surface area contributed by atoms with E-state index in [9.17, 15) is 9.59 Å². The quantitative estimate of drug-likeness (QED) is 0.771. The van der Waals surface area contributed by atoms with Gasteiger partial charge in [-0.3, -0.25) is 10.1 Å². The van der Waals surface area contributed by atoms with Gasteiger partial charge in [0.1, 0.15) is 10.8 Å². The molecule has 0 bridgehead atoms. The highest BCUT2D eigenvalue weighted by molar-refractivity contribution is 7.17. The molecule has 1 aliphatic carbocycles. The standard InChI is InChI=1S/C18H22N2O4S/c1-11(13-7-5-9-24-13)19-10-15(21)20-17-16(18(22)23-2)12-6-3-4-8-14(12)25-17/h5,7,9,11,19H,3-4,6,8,10H2,1-2H3,(H,20,21)/t11-/m1/s1. The predicted molar refractivity (Wildman–Crippen MR) is 96.1 cm³/mol. The second-order valence-electron chi connectivity index (χ2n) is 6.07. The van der Waals surface area contributed by atoms with E-state index in [1.165, 1.54) is 23.3 Å². The SMILES string of the molecule is COC(=O)c1c(NC(=O)CN[C@H](C)c2ccco2)sc2c1CCCC2. The molecule has 0 spiro atoms. The Morgan fingerprint density at radius 3 is 2.88 bits per heavy atom. The lowest BCUT2D eigenvalue weighted by molar-refractivity contribution is -0.115. The van der Waals surface area contributed by atoms with Crippen molar-refractivity contribution in [3.63, 3.8) is 0 Å². The number of hydrogen-bond acceptors (Lipinski definition) is 6. The molecule has 134 valence electrons. The lowest BCUT2D eigenvalue weighted by atomic mass is 9.95. The number of anilines is 1. The zero-order valence-corrected chi connectivity index (χ0v) is 15.2. The predicted octanol–water partition coefficient (Wildman–Crippen LogP) is 3.30. The second-order valence-corrected chi connectivity index (χ2v) is 7.18. The van der Waals surface area contributed by atoms with E-state index >= 15 is 0 Å². The molecule has 0 unspecified atom stereocenters. The number of hydrogen-bond donors (Lipinski definition) is 2. The van der Waals surface area contributed by atoms with Crippen LogP contribution in [0.5, 0.6) is 0 Å². The molecule has 1 aliphatic rings. The van der Waals surface area contributed by atoms with Crippen molar-refractivity contribution in [1.29, 1.82) is 0 Å². The highest BCUT2D eigenvalue weighted by Gasteiger charge is 2.26. The van der Waals surface area contributed by atoms with Gasteiger partial charge < -0.3 is 14.5 Å². The van der Waals surface area contributed by atoms with Gasteiger partial charge >= 0.3 is 5.97 Å². The maximum absolute atomic E-state index is 12.3. The molecular formula is C18H22N2O4S. The third-order valence-electron chi connectivity index (χ3n) is 4.35. The van der Waals surface area contributed by atoms with Gasteiger partial charge in [-0.05, 0) is 50.3 Å². The number of nitrogens with one attached hydrogen (secondary N) is 2. The molecule has 2 aromatic heterocycles. The van der Waals surface area contributed by atoms with Gasteiger partial charge in [0.05, 0.1) is 31.5 Å². The van der Waals surface area contributed by atoms with Crippen LogP contribution in [0.1, 0.15) is 52.4 Å². The first-order valence-electron chi connectivity index (χ1n) is 8.39. The molecule has 3 rings (SSSR count). The van der Waals surface area contributed by atoms with E-state index in [4.69, 9.17) is 9.15 Å². The molecule has 6 nitrogen and oxygen atoms in total. The summed E-state index contributed by atoms with van der Waals surface area (Å²) in [7, 11) is 1.37. The first-order chi connectivity index (χ1) is 12.1. The van der Waals surface area contributed by atoms with Gasteiger partial charge in [-0.2, -0.15) is 0 Å². The van der Waals surface area contributed by atoms with Crippen molar-refractivity contribution in [1.82, 2.24) is 5.32 Å². The maximum atomic E-state index is 12.3. The van der Waals surface area contributed by atoms with E-state index in [1.54, 1.807) is 6.26 Å². The highest BCUT2D eigenvalue weighted by Crippen LogP contribution is 2.38. The monoisotopic (exact) mass is 362 g/mol. The van der Waals surface area contributed by atoms with E-state index in [0.29, 0.717) is 10.6 Å². The Kier molecular flexibility index (Phi) is 5.55. The number of rotatable bonds is 6. The van der Waals surface area contributed by atoms with Gasteiger partial charge in [0.25, 0.3) is 0 Å². The van der Waals surface area contributed by atoms with Gasteiger partial charge in [0.2, 0.25) is 5.91 Å². The van der Waals surface area contributed by atoms with Crippen molar-refractivity contribution < 1.29 is 18.7 Å². The van der Waals surface area contributed by atoms with Gasteiger partial charge in [0, 0.05) is 4.88 Å². The molecule has 0 saturated heterocycles. The molecule has 0 aromatic carbocycles. The Morgan fingerprint density at radius 1 is 1.36 bits per heavy atom. The number of amides is 1. The Labute approximate surface area is 150 Å². The molecular weight excluding hydrogens is 340 g/mol. The Balaban J connectivity index is 1.68. The molecule has 2 aromatic rings. The minimum atomic E-state index is -0.383. The first-order valence-corrected chi connectivity index (χ1v) is 9.21. The van der Waals surface area contributed by atoms with E-state index in [-0.39, 0.29) is 24.5 Å². The van der Waals surface area contributed by atoms with Crippen molar-refractivity contribution in [3.05, 3.63) is 40.2 Å². The average Bonchev–Trinajstić information content (AvgIpc) is 3.26. The Hall–Kier alpha value is -2.12. The number of esters is 1. The van der Waals surface area contributed by atoms with Crippen molar-refractivity contribution in [2.75, 3.05) is 19.0 Å². The zero-order valence-electron chi connectivity index (χ0n) is 14.4. The fourth-order valence-corrected chi connectivity index (χ4v) is 4.32. The molecule has 7 heteroatoms. The highest BCUT2D eigenvalue weighted by atomic mass is 32.1. The number of carbonyl (C=O) groups is 2. The van der Waals surface area contributed by atoms with Crippen LogP contribution in [0.25, 0.3) is 0 Å². The first kappa shape index (κ1) is 17.7. The molecule has 0 radical (unpaired) electrons. The molecule has 1 amide bonds. The third-order valence-corrected chi connectivity index (χ3v) is 5.56. The Morgan fingerprint density at radius 2 is 2.16 bits per heavy atom. The van der Waals surface area contributed by atoms with Crippen LogP contribution in [-0.2, 0) is 22.4 Å². The fraction of sp³-hybridized carbons (Fsp3) is 0.444. The number of aryl methyl sites for hydroxylation is 1. The fourth-order valence-electron chi connectivity index (χ4n) is 3.03. The van der Waals surface area contributed by atoms with Gasteiger partial charge in [-0.25, -0.2) is 4.79 Å². The number of fused-ring (bicyclic) bond motifs is 1. The van der Waals surface area contributed by atoms with Crippen LogP contribution in [0.4, 0.5) is 5.00 Å². The molecule has 0 saturated carbocycles. The lowest BCUT2D eigenvalue weighted by Gasteiger charge is -2.12. The van der Waals surface area contributed by atoms with Crippen molar-refractivity contribution >= 4 is 28.2 Å². The molecule has 0 fully saturated rings. The molecule has 25 heavy (non-hydrogen) atoms. The molecule has 2 N–H and O–H groups in total. The van der Waals surface area contributed by atoms with Crippen LogP contribution in [0.2, 0.25) is 0 Å². The van der Waals surface area contributed by atoms with E-state index in [1.807, 2.05) is 19.1 Å². The van der Waals surface area contributed by atoms with Crippen LogP contribution in [-0.4, -0.2) is 25.5 Å². The molecule has 1 atom stereocenters. The topological polar surface area (TPSA) is 80.6 Å². The number of methoxy groups -OCH3 is 1. The summed E-state index contributed by atoms with van der Waals surface area (Å²) in [6.45, 7) is 2.06. The van der Waals surface area contributed by atoms with Crippen LogP contribution < -0.4 is 10.6 Å². The van der Waals surface area contributed by atoms with Crippen molar-refractivity contribution in [2.24, 2.45) is 0 Å². The number of furan rings is 1. The van der Waals surface area contributed by atoms with Gasteiger partial charge in [0.15, 0.2) is 0 Å². The summed E-state index contributed by atoms with van der Waals surface area (Å²) in [5, 5.41) is 6.58. The lowest BCUT2D eigenvalue weighted by Crippen LogP contribution is -2.30. The summed E-state index contributed by atoms with van der Waals surface area (Å²) in [5.41, 5.74) is 1.56. The summed E-state index contributed by atoms with van der Waals surface area (Å²) in [6, 6.07) is 3.60. The maximum Gasteiger partial charge on any atom is 0.341 e. The molecule has 0 aliphatic heterocycles. The number of thiophene rings is 1. The van der Waals surface area contributed by atoms with Crippen molar-refractivity contribution in [3.8, 4) is 0 Å². The van der Waals surface area contributed by atoms with E-state index < -0.39 is 0 Å². The van der Waals surface area contributed by atoms with Gasteiger partial charge in [-0.1, -0.05) is 0 Å². The average molecular weight is 362 g/mol. The van der Waals surface area contributed by atoms with Crippen LogP contribution in [0.3, 0.4) is 0 Å². The van der Waals surface area contributed by atoms with Crippen LogP contribution in [0, 0.1) is 0 Å². The van der Waals surface area contributed by atoms with Gasteiger partial charge in [-0.15, -0.1) is 11.3 Å². The smallest absolute Gasteiger partial charge is 0.341 e. The second kappa shape index (κ2) is 7.84. The summed E-state index contributed by atoms with van der Waals surface area (Å²) in [6.07, 6.45) is 5.59. The Bertz CT molecular complexity index is 751. The minimum Gasteiger partial charge on any atom is -0.468 e. The minimum absolute atomic E-state index is 0.0719. The largest absolute Gasteiger partial charge is 0.468 e. The zero-order chi connectivity index (χ0) is 17.8. The van der Waals surface area contributed by atoms with Crippen LogP contribution >= 0.6 is 11.3 Å². The van der Waals surface area contributed by atoms with E-state index in [2.05, 4.69) is 10.6 Å². The normalized spacial score (nSPS) is 14.6. The van der Waals surface area contributed by atoms with Crippen molar-refractivity contribution in [2.45, 2.75) is 38.6 Å². The van der Waals surface area contributed by atoms with E-state index in [0.717, 1.165) is 37.0 Å². The molecule has 2 heterocycles. The summed E-state index contributed by atoms with van der Waals surface area (Å²) < 4.78 is 10.2.